The SMILES string of the molecule is O=C1CCCC2=C1[C@H](c1cccs1)n1nc(SCc3ccccc3Cl)nc1N2. The summed E-state index contributed by atoms with van der Waals surface area (Å²) in [6, 6.07) is 11.7. The van der Waals surface area contributed by atoms with Crippen LogP contribution in [0.2, 0.25) is 5.02 Å². The van der Waals surface area contributed by atoms with E-state index in [1.165, 1.54) is 0 Å². The first-order valence-electron chi connectivity index (χ1n) is 9.10. The molecule has 8 heteroatoms. The second-order valence-electron chi connectivity index (χ2n) is 6.75. The minimum Gasteiger partial charge on any atom is -0.328 e. The number of benzene rings is 1. The molecule has 2 aliphatic rings. The molecular weight excluding hydrogens is 412 g/mol. The number of halogens is 1. The standard InChI is InChI=1S/C20H17ClN4OS2/c21-13-6-2-1-5-12(13)11-28-20-23-19-22-14-7-3-8-15(26)17(14)18(25(19)24-20)16-9-4-10-27-16/h1-2,4-6,9-10,18H,3,7-8,11H2,(H,22,23,24)/t18-/m0/s1. The Balaban J connectivity index is 1.49. The Labute approximate surface area is 175 Å². The van der Waals surface area contributed by atoms with E-state index in [0.29, 0.717) is 23.3 Å². The highest BCUT2D eigenvalue weighted by molar-refractivity contribution is 7.98. The van der Waals surface area contributed by atoms with Crippen LogP contribution in [0.25, 0.3) is 0 Å². The van der Waals surface area contributed by atoms with E-state index in [2.05, 4.69) is 11.4 Å². The minimum absolute atomic E-state index is 0.193. The second-order valence-corrected chi connectivity index (χ2v) is 9.08. The van der Waals surface area contributed by atoms with E-state index in [9.17, 15) is 4.79 Å². The zero-order chi connectivity index (χ0) is 19.1. The molecule has 1 aliphatic carbocycles. The van der Waals surface area contributed by atoms with Crippen molar-refractivity contribution in [1.29, 1.82) is 0 Å². The van der Waals surface area contributed by atoms with Gasteiger partial charge in [0.25, 0.3) is 0 Å². The molecule has 5 nitrogen and oxygen atoms in total. The maximum absolute atomic E-state index is 12.7. The van der Waals surface area contributed by atoms with Gasteiger partial charge in [-0.3, -0.25) is 4.79 Å². The van der Waals surface area contributed by atoms with E-state index in [1.54, 1.807) is 23.1 Å². The van der Waals surface area contributed by atoms with Crippen LogP contribution in [0, 0.1) is 0 Å². The topological polar surface area (TPSA) is 59.8 Å². The van der Waals surface area contributed by atoms with Crippen molar-refractivity contribution in [3.05, 3.63) is 68.5 Å². The lowest BCUT2D eigenvalue weighted by atomic mass is 9.88. The highest BCUT2D eigenvalue weighted by Crippen LogP contribution is 2.42. The fraction of sp³-hybridized carbons (Fsp3) is 0.250. The van der Waals surface area contributed by atoms with Crippen molar-refractivity contribution in [2.24, 2.45) is 0 Å². The van der Waals surface area contributed by atoms with E-state index >= 15 is 0 Å². The molecule has 5 rings (SSSR count). The molecule has 3 heterocycles. The van der Waals surface area contributed by atoms with Gasteiger partial charge in [-0.05, 0) is 35.9 Å². The molecule has 0 saturated carbocycles. The number of thioether (sulfide) groups is 1. The summed E-state index contributed by atoms with van der Waals surface area (Å²) < 4.78 is 1.86. The summed E-state index contributed by atoms with van der Waals surface area (Å²) in [6.45, 7) is 0. The third kappa shape index (κ3) is 3.17. The molecule has 2 aromatic heterocycles. The number of carbonyl (C=O) groups excluding carboxylic acids is 1. The number of allylic oxidation sites excluding steroid dienone is 2. The maximum atomic E-state index is 12.7. The molecule has 142 valence electrons. The highest BCUT2D eigenvalue weighted by Gasteiger charge is 2.37. The average Bonchev–Trinajstić information content (AvgIpc) is 3.35. The molecule has 28 heavy (non-hydrogen) atoms. The maximum Gasteiger partial charge on any atom is 0.227 e. The van der Waals surface area contributed by atoms with Crippen LogP contribution in [0.5, 0.6) is 0 Å². The van der Waals surface area contributed by atoms with Gasteiger partial charge in [0.15, 0.2) is 5.78 Å². The third-order valence-electron chi connectivity index (χ3n) is 4.98. The van der Waals surface area contributed by atoms with Gasteiger partial charge in [-0.2, -0.15) is 4.98 Å². The summed E-state index contributed by atoms with van der Waals surface area (Å²) in [5.41, 5.74) is 2.89. The van der Waals surface area contributed by atoms with Gasteiger partial charge in [-0.1, -0.05) is 47.6 Å². The number of ketones is 1. The molecule has 0 spiro atoms. The molecule has 1 aromatic carbocycles. The first-order chi connectivity index (χ1) is 13.7. The zero-order valence-corrected chi connectivity index (χ0v) is 17.3. The van der Waals surface area contributed by atoms with Crippen molar-refractivity contribution < 1.29 is 4.79 Å². The van der Waals surface area contributed by atoms with Crippen molar-refractivity contribution in [3.63, 3.8) is 0 Å². The minimum atomic E-state index is -0.193. The molecule has 1 aliphatic heterocycles. The number of thiophene rings is 1. The molecule has 0 fully saturated rings. The summed E-state index contributed by atoms with van der Waals surface area (Å²) in [5.74, 6) is 1.60. The second kappa shape index (κ2) is 7.39. The number of anilines is 1. The van der Waals surface area contributed by atoms with E-state index in [-0.39, 0.29) is 11.8 Å². The summed E-state index contributed by atoms with van der Waals surface area (Å²) in [4.78, 5) is 18.5. The Morgan fingerprint density at radius 1 is 1.25 bits per heavy atom. The Bertz CT molecular complexity index is 1070. The number of hydrogen-bond donors (Lipinski definition) is 1. The monoisotopic (exact) mass is 428 g/mol. The number of aromatic nitrogens is 3. The number of Topliss-reactive ketones (excluding diaryl/α,β-unsaturated/α-hetero) is 1. The van der Waals surface area contributed by atoms with Crippen molar-refractivity contribution >= 4 is 46.4 Å². The smallest absolute Gasteiger partial charge is 0.227 e. The molecule has 3 aromatic rings. The third-order valence-corrected chi connectivity index (χ3v) is 7.16. The van der Waals surface area contributed by atoms with E-state index < -0.39 is 0 Å². The summed E-state index contributed by atoms with van der Waals surface area (Å²) in [7, 11) is 0. The molecule has 0 amide bonds. The summed E-state index contributed by atoms with van der Waals surface area (Å²) in [5, 5.41) is 11.6. The quantitative estimate of drug-likeness (QED) is 0.571. The van der Waals surface area contributed by atoms with Gasteiger partial charge in [0.1, 0.15) is 6.04 Å². The Kier molecular flexibility index (Phi) is 4.74. The van der Waals surface area contributed by atoms with Crippen LogP contribution in [0.3, 0.4) is 0 Å². The van der Waals surface area contributed by atoms with E-state index in [0.717, 1.165) is 39.6 Å². The molecule has 0 radical (unpaired) electrons. The Morgan fingerprint density at radius 3 is 2.96 bits per heavy atom. The summed E-state index contributed by atoms with van der Waals surface area (Å²) in [6.07, 6.45) is 2.35. The van der Waals surface area contributed by atoms with Gasteiger partial charge in [-0.25, -0.2) is 4.68 Å². The van der Waals surface area contributed by atoms with Crippen LogP contribution in [-0.2, 0) is 10.5 Å². The van der Waals surface area contributed by atoms with Crippen molar-refractivity contribution in [2.75, 3.05) is 5.32 Å². The van der Waals surface area contributed by atoms with Gasteiger partial charge in [0, 0.05) is 33.3 Å². The molecule has 1 N–H and O–H groups in total. The van der Waals surface area contributed by atoms with Crippen molar-refractivity contribution in [2.45, 2.75) is 36.2 Å². The zero-order valence-electron chi connectivity index (χ0n) is 14.9. The van der Waals surface area contributed by atoms with Gasteiger partial charge in [0.05, 0.1) is 0 Å². The molecular formula is C20H17ClN4OS2. The Hall–Kier alpha value is -2.09. The van der Waals surface area contributed by atoms with Gasteiger partial charge < -0.3 is 5.32 Å². The highest BCUT2D eigenvalue weighted by atomic mass is 35.5. The van der Waals surface area contributed by atoms with Crippen LogP contribution in [-0.4, -0.2) is 20.5 Å². The average molecular weight is 429 g/mol. The van der Waals surface area contributed by atoms with Crippen LogP contribution >= 0.6 is 34.7 Å². The van der Waals surface area contributed by atoms with Crippen LogP contribution in [0.1, 0.15) is 35.7 Å². The first kappa shape index (κ1) is 18.0. The largest absolute Gasteiger partial charge is 0.328 e. The van der Waals surface area contributed by atoms with Crippen LogP contribution < -0.4 is 5.32 Å². The molecule has 0 unspecified atom stereocenters. The lowest BCUT2D eigenvalue weighted by Gasteiger charge is -2.31. The number of nitrogens with one attached hydrogen (secondary N) is 1. The van der Waals surface area contributed by atoms with Gasteiger partial charge in [-0.15, -0.1) is 16.4 Å². The van der Waals surface area contributed by atoms with Gasteiger partial charge >= 0.3 is 0 Å². The van der Waals surface area contributed by atoms with E-state index in [4.69, 9.17) is 21.7 Å². The number of hydrogen-bond acceptors (Lipinski definition) is 6. The predicted molar refractivity (Wildman–Crippen MR) is 113 cm³/mol. The number of carbonyl (C=O) groups is 1. The molecule has 0 saturated heterocycles. The van der Waals surface area contributed by atoms with Crippen molar-refractivity contribution in [1.82, 2.24) is 14.8 Å². The van der Waals surface area contributed by atoms with Crippen LogP contribution in [0.4, 0.5) is 5.95 Å². The van der Waals surface area contributed by atoms with Crippen molar-refractivity contribution in [3.8, 4) is 0 Å². The molecule has 0 bridgehead atoms. The van der Waals surface area contributed by atoms with E-state index in [1.807, 2.05) is 40.4 Å². The van der Waals surface area contributed by atoms with Crippen LogP contribution in [0.15, 0.2) is 58.2 Å². The first-order valence-corrected chi connectivity index (χ1v) is 11.3. The van der Waals surface area contributed by atoms with Gasteiger partial charge in [0.2, 0.25) is 11.1 Å². The summed E-state index contributed by atoms with van der Waals surface area (Å²) >= 11 is 9.46. The Morgan fingerprint density at radius 2 is 2.14 bits per heavy atom. The lowest BCUT2D eigenvalue weighted by molar-refractivity contribution is -0.116. The number of rotatable bonds is 4. The number of nitrogens with zero attached hydrogens (tertiary/aromatic N) is 3. The molecule has 1 atom stereocenters. The fourth-order valence-electron chi connectivity index (χ4n) is 3.67. The fourth-order valence-corrected chi connectivity index (χ4v) is 5.60. The normalized spacial score (nSPS) is 18.6. The number of fused-ring (bicyclic) bond motifs is 1. The lowest BCUT2D eigenvalue weighted by Crippen LogP contribution is -2.31. The predicted octanol–water partition coefficient (Wildman–Crippen LogP) is 5.31.